The summed E-state index contributed by atoms with van der Waals surface area (Å²) in [5.74, 6) is -0.800. The number of carbonyl (C=O) groups is 1. The summed E-state index contributed by atoms with van der Waals surface area (Å²) in [5, 5.41) is 3.39. The van der Waals surface area contributed by atoms with Crippen molar-refractivity contribution in [2.75, 3.05) is 18.1 Å². The fourth-order valence-corrected chi connectivity index (χ4v) is 3.77. The van der Waals surface area contributed by atoms with E-state index in [-0.39, 0.29) is 5.75 Å². The van der Waals surface area contributed by atoms with E-state index in [0.717, 1.165) is 25.8 Å². The maximum Gasteiger partial charge on any atom is 0.232 e. The van der Waals surface area contributed by atoms with E-state index in [4.69, 9.17) is 5.73 Å². The highest BCUT2D eigenvalue weighted by molar-refractivity contribution is 7.92. The number of sulfone groups is 1. The molecule has 1 aliphatic rings. The summed E-state index contributed by atoms with van der Waals surface area (Å²) in [4.78, 5) is 10.6. The van der Waals surface area contributed by atoms with Gasteiger partial charge in [0.25, 0.3) is 0 Å². The largest absolute Gasteiger partial charge is 0.369 e. The molecule has 1 fully saturated rings. The Kier molecular flexibility index (Phi) is 5.39. The molecule has 0 aliphatic heterocycles. The van der Waals surface area contributed by atoms with Gasteiger partial charge >= 0.3 is 0 Å². The molecule has 17 heavy (non-hydrogen) atoms. The van der Waals surface area contributed by atoms with Crippen LogP contribution in [0.2, 0.25) is 0 Å². The van der Waals surface area contributed by atoms with Crippen LogP contribution in [0, 0.1) is 5.92 Å². The molecule has 0 spiro atoms. The first-order valence-electron chi connectivity index (χ1n) is 6.16. The highest BCUT2D eigenvalue weighted by atomic mass is 32.2. The van der Waals surface area contributed by atoms with Crippen molar-refractivity contribution in [3.05, 3.63) is 0 Å². The molecule has 0 aromatic carbocycles. The molecule has 2 unspecified atom stereocenters. The number of nitrogens with two attached hydrogens (primary N) is 1. The second-order valence-electron chi connectivity index (χ2n) is 4.70. The van der Waals surface area contributed by atoms with E-state index in [0.29, 0.717) is 18.4 Å². The second kappa shape index (κ2) is 6.35. The molecule has 2 atom stereocenters. The van der Waals surface area contributed by atoms with Crippen molar-refractivity contribution in [1.82, 2.24) is 5.32 Å². The lowest BCUT2D eigenvalue weighted by atomic mass is 10.0. The minimum atomic E-state index is -3.31. The van der Waals surface area contributed by atoms with Gasteiger partial charge in [-0.25, -0.2) is 8.42 Å². The fraction of sp³-hybridized carbons (Fsp3) is 0.909. The zero-order valence-corrected chi connectivity index (χ0v) is 11.1. The Morgan fingerprint density at radius 2 is 2.12 bits per heavy atom. The number of rotatable bonds is 7. The van der Waals surface area contributed by atoms with E-state index < -0.39 is 21.5 Å². The lowest BCUT2D eigenvalue weighted by Crippen LogP contribution is -2.33. The normalized spacial score (nSPS) is 25.0. The maximum absolute atomic E-state index is 11.5. The average Bonchev–Trinajstić information content (AvgIpc) is 2.61. The van der Waals surface area contributed by atoms with Crippen LogP contribution in [-0.4, -0.2) is 38.4 Å². The molecule has 0 aromatic heterocycles. The van der Waals surface area contributed by atoms with Gasteiger partial charge in [0.15, 0.2) is 9.84 Å². The van der Waals surface area contributed by atoms with Gasteiger partial charge in [-0.2, -0.15) is 0 Å². The third-order valence-corrected chi connectivity index (χ3v) is 4.87. The molecule has 1 aliphatic carbocycles. The van der Waals surface area contributed by atoms with E-state index in [1.807, 2.05) is 0 Å². The molecule has 0 heterocycles. The topological polar surface area (TPSA) is 89.3 Å². The highest BCUT2D eigenvalue weighted by Gasteiger charge is 2.28. The first kappa shape index (κ1) is 14.4. The van der Waals surface area contributed by atoms with Gasteiger partial charge in [0.05, 0.1) is 5.75 Å². The standard InChI is InChI=1S/C11H22N2O3S/c1-2-13-10-5-3-4-9(10)6-7-17(15,16)8-11(12)14/h9-10,13H,2-8H2,1H3,(H2,12,14). The molecular formula is C11H22N2O3S. The Morgan fingerprint density at radius 1 is 1.41 bits per heavy atom. The molecule has 5 nitrogen and oxygen atoms in total. The van der Waals surface area contributed by atoms with Crippen LogP contribution in [0.3, 0.4) is 0 Å². The first-order valence-corrected chi connectivity index (χ1v) is 7.99. The SMILES string of the molecule is CCNC1CCCC1CCS(=O)(=O)CC(N)=O. The van der Waals surface area contributed by atoms with Gasteiger partial charge < -0.3 is 11.1 Å². The van der Waals surface area contributed by atoms with Crippen molar-refractivity contribution in [3.8, 4) is 0 Å². The van der Waals surface area contributed by atoms with E-state index >= 15 is 0 Å². The van der Waals surface area contributed by atoms with Gasteiger partial charge in [-0.05, 0) is 31.7 Å². The summed E-state index contributed by atoms with van der Waals surface area (Å²) in [6, 6.07) is 0.434. The number of nitrogens with one attached hydrogen (secondary N) is 1. The molecule has 1 saturated carbocycles. The Labute approximate surface area is 103 Å². The summed E-state index contributed by atoms with van der Waals surface area (Å²) < 4.78 is 23.1. The number of hydrogen-bond donors (Lipinski definition) is 2. The predicted octanol–water partition coefficient (Wildman–Crippen LogP) is 0.0548. The van der Waals surface area contributed by atoms with Gasteiger partial charge in [0.1, 0.15) is 5.75 Å². The monoisotopic (exact) mass is 262 g/mol. The van der Waals surface area contributed by atoms with Gasteiger partial charge in [-0.1, -0.05) is 13.3 Å². The number of hydrogen-bond acceptors (Lipinski definition) is 4. The molecule has 100 valence electrons. The van der Waals surface area contributed by atoms with E-state index in [2.05, 4.69) is 12.2 Å². The van der Waals surface area contributed by atoms with Gasteiger partial charge in [-0.3, -0.25) is 4.79 Å². The minimum absolute atomic E-state index is 0.0719. The van der Waals surface area contributed by atoms with Crippen LogP contribution in [0.15, 0.2) is 0 Å². The van der Waals surface area contributed by atoms with Crippen LogP contribution >= 0.6 is 0 Å². The Bertz CT molecular complexity index is 354. The average molecular weight is 262 g/mol. The smallest absolute Gasteiger partial charge is 0.232 e. The zero-order chi connectivity index (χ0) is 12.9. The summed E-state index contributed by atoms with van der Waals surface area (Å²) >= 11 is 0. The molecular weight excluding hydrogens is 240 g/mol. The molecule has 1 amide bonds. The highest BCUT2D eigenvalue weighted by Crippen LogP contribution is 2.28. The van der Waals surface area contributed by atoms with Crippen LogP contribution in [0.1, 0.15) is 32.6 Å². The van der Waals surface area contributed by atoms with Gasteiger partial charge in [0.2, 0.25) is 5.91 Å². The molecule has 0 radical (unpaired) electrons. The fourth-order valence-electron chi connectivity index (χ4n) is 2.53. The quantitative estimate of drug-likeness (QED) is 0.678. The predicted molar refractivity (Wildman–Crippen MR) is 67.3 cm³/mol. The van der Waals surface area contributed by atoms with E-state index in [1.165, 1.54) is 0 Å². The molecule has 1 rings (SSSR count). The summed E-state index contributed by atoms with van der Waals surface area (Å²) in [5.41, 5.74) is 4.91. The van der Waals surface area contributed by atoms with Gasteiger partial charge in [-0.15, -0.1) is 0 Å². The minimum Gasteiger partial charge on any atom is -0.369 e. The third-order valence-electron chi connectivity index (χ3n) is 3.29. The number of carbonyl (C=O) groups excluding carboxylic acids is 1. The zero-order valence-electron chi connectivity index (χ0n) is 10.3. The van der Waals surface area contributed by atoms with Crippen LogP contribution in [-0.2, 0) is 14.6 Å². The lowest BCUT2D eigenvalue weighted by Gasteiger charge is -2.19. The van der Waals surface area contributed by atoms with E-state index in [9.17, 15) is 13.2 Å². The summed E-state index contributed by atoms with van der Waals surface area (Å²) in [7, 11) is -3.31. The lowest BCUT2D eigenvalue weighted by molar-refractivity contribution is -0.115. The molecule has 0 saturated heterocycles. The van der Waals surface area contributed by atoms with E-state index in [1.54, 1.807) is 0 Å². The summed E-state index contributed by atoms with van der Waals surface area (Å²) in [6.45, 7) is 2.97. The van der Waals surface area contributed by atoms with Crippen LogP contribution in [0.5, 0.6) is 0 Å². The van der Waals surface area contributed by atoms with Crippen LogP contribution in [0.4, 0.5) is 0 Å². The van der Waals surface area contributed by atoms with Crippen molar-refractivity contribution in [3.63, 3.8) is 0 Å². The Morgan fingerprint density at radius 3 is 2.71 bits per heavy atom. The third kappa shape index (κ3) is 5.04. The molecule has 6 heteroatoms. The number of primary amides is 1. The second-order valence-corrected chi connectivity index (χ2v) is 6.89. The summed E-state index contributed by atoms with van der Waals surface area (Å²) in [6.07, 6.45) is 3.98. The van der Waals surface area contributed by atoms with Gasteiger partial charge in [0, 0.05) is 6.04 Å². The Hall–Kier alpha value is -0.620. The molecule has 0 bridgehead atoms. The molecule has 3 N–H and O–H groups in total. The van der Waals surface area contributed by atoms with Crippen LogP contribution in [0.25, 0.3) is 0 Å². The maximum atomic E-state index is 11.5. The Balaban J connectivity index is 2.41. The van der Waals surface area contributed by atoms with Crippen molar-refractivity contribution in [2.24, 2.45) is 11.7 Å². The van der Waals surface area contributed by atoms with Crippen molar-refractivity contribution < 1.29 is 13.2 Å². The van der Waals surface area contributed by atoms with Crippen molar-refractivity contribution in [2.45, 2.75) is 38.6 Å². The van der Waals surface area contributed by atoms with Crippen molar-refractivity contribution in [1.29, 1.82) is 0 Å². The molecule has 0 aromatic rings. The number of amides is 1. The van der Waals surface area contributed by atoms with Crippen molar-refractivity contribution >= 4 is 15.7 Å². The van der Waals surface area contributed by atoms with Crippen LogP contribution < -0.4 is 11.1 Å². The first-order chi connectivity index (χ1) is 7.94.